The number of hydrogen-bond donors (Lipinski definition) is 1. The number of benzene rings is 2. The number of methoxy groups -OCH3 is 1. The molecule has 1 N–H and O–H groups in total. The monoisotopic (exact) mass is 549 g/mol. The molecule has 2 aromatic carbocycles. The second-order valence-corrected chi connectivity index (χ2v) is 11.9. The van der Waals surface area contributed by atoms with Gasteiger partial charge in [0.2, 0.25) is 0 Å². The molecular weight excluding hydrogens is 510 g/mol. The summed E-state index contributed by atoms with van der Waals surface area (Å²) in [6.07, 6.45) is 8.19. The van der Waals surface area contributed by atoms with E-state index in [-0.39, 0.29) is 17.8 Å². The number of hydrogen-bond acceptors (Lipinski definition) is 5. The fraction of sp³-hybridized carbons (Fsp3) is 0.500. The molecule has 2 bridgehead atoms. The van der Waals surface area contributed by atoms with E-state index in [1.54, 1.807) is 7.11 Å². The van der Waals surface area contributed by atoms with Crippen molar-refractivity contribution in [3.05, 3.63) is 65.0 Å². The number of aryl methyl sites for hydroxylation is 1. The predicted molar refractivity (Wildman–Crippen MR) is 157 cm³/mol. The number of carbonyl (C=O) groups excluding carboxylic acids is 1. The normalized spacial score (nSPS) is 22.5. The van der Waals surface area contributed by atoms with Crippen molar-refractivity contribution >= 4 is 34.2 Å². The van der Waals surface area contributed by atoms with Gasteiger partial charge in [-0.15, -0.1) is 0 Å². The Bertz CT molecular complexity index is 1340. The fourth-order valence-corrected chi connectivity index (χ4v) is 6.49. The molecule has 1 fully saturated rings. The van der Waals surface area contributed by atoms with E-state index >= 15 is 0 Å². The number of aromatic amines is 1. The number of ether oxygens (including phenoxy) is 2. The number of nitrogens with one attached hydrogen (secondary N) is 1. The van der Waals surface area contributed by atoms with Crippen LogP contribution in [0.4, 0.5) is 0 Å². The second-order valence-electron chi connectivity index (χ2n) is 11.5. The molecule has 7 heteroatoms. The largest absolute Gasteiger partial charge is 0.494 e. The fourth-order valence-electron chi connectivity index (χ4n) is 6.29. The third-order valence-corrected chi connectivity index (χ3v) is 8.80. The summed E-state index contributed by atoms with van der Waals surface area (Å²) in [7, 11) is 3.81. The molecule has 3 aromatic rings. The zero-order chi connectivity index (χ0) is 27.6. The van der Waals surface area contributed by atoms with Crippen molar-refractivity contribution in [2.24, 2.45) is 17.8 Å². The van der Waals surface area contributed by atoms with Crippen molar-refractivity contribution < 1.29 is 14.3 Å². The zero-order valence-electron chi connectivity index (χ0n) is 23.5. The van der Waals surface area contributed by atoms with E-state index in [0.29, 0.717) is 10.9 Å². The standard InChI is InChI=1S/C32H40ClN3O3/c1-21(2)31(37)39-32(20-23-12-13-24(32)19-25(23)22-9-6-5-7-10-22)16-18-36(3)17-8-11-28-34-29-26(33)14-15-27(38-4)30(29)35-28/h5-7,9-10,14-15,19,21,23-24H,8,11-13,16-18,20H2,1-4H3,(H,34,35). The third kappa shape index (κ3) is 5.87. The van der Waals surface area contributed by atoms with Crippen LogP contribution in [0, 0.1) is 17.8 Å². The predicted octanol–water partition coefficient (Wildman–Crippen LogP) is 6.93. The number of halogens is 1. The second kappa shape index (κ2) is 11.7. The molecule has 0 amide bonds. The number of esters is 1. The van der Waals surface area contributed by atoms with E-state index in [0.717, 1.165) is 74.2 Å². The molecule has 1 heterocycles. The van der Waals surface area contributed by atoms with Gasteiger partial charge in [-0.1, -0.05) is 61.9 Å². The summed E-state index contributed by atoms with van der Waals surface area (Å²) < 4.78 is 11.9. The molecule has 3 unspecified atom stereocenters. The van der Waals surface area contributed by atoms with E-state index in [1.165, 1.54) is 11.1 Å². The smallest absolute Gasteiger partial charge is 0.308 e. The maximum Gasteiger partial charge on any atom is 0.308 e. The highest BCUT2D eigenvalue weighted by Gasteiger charge is 2.50. The number of nitrogens with zero attached hydrogens (tertiary/aromatic N) is 2. The number of rotatable bonds is 11. The highest BCUT2D eigenvalue weighted by atomic mass is 35.5. The number of aromatic nitrogens is 2. The Labute approximate surface area is 236 Å². The van der Waals surface area contributed by atoms with Crippen molar-refractivity contribution in [3.8, 4) is 5.75 Å². The van der Waals surface area contributed by atoms with Crippen molar-refractivity contribution in [3.63, 3.8) is 0 Å². The van der Waals surface area contributed by atoms with Crippen LogP contribution in [0.1, 0.15) is 57.3 Å². The first-order valence-corrected chi connectivity index (χ1v) is 14.6. The molecule has 1 saturated carbocycles. The Morgan fingerprint density at radius 2 is 1.97 bits per heavy atom. The molecule has 0 saturated heterocycles. The number of carbonyl (C=O) groups is 1. The topological polar surface area (TPSA) is 67.5 Å². The molecular formula is C32H40ClN3O3. The van der Waals surface area contributed by atoms with E-state index in [4.69, 9.17) is 26.1 Å². The number of imidazole rings is 1. The Balaban J connectivity index is 1.23. The number of H-pyrrole nitrogens is 1. The molecule has 3 atom stereocenters. The lowest BCUT2D eigenvalue weighted by atomic mass is 9.60. The minimum atomic E-state index is -0.428. The van der Waals surface area contributed by atoms with Gasteiger partial charge in [-0.3, -0.25) is 4.79 Å². The van der Waals surface area contributed by atoms with Gasteiger partial charge in [0.05, 0.1) is 18.1 Å². The number of fused-ring (bicyclic) bond motifs is 3. The molecule has 39 heavy (non-hydrogen) atoms. The zero-order valence-corrected chi connectivity index (χ0v) is 24.3. The Morgan fingerprint density at radius 1 is 1.18 bits per heavy atom. The van der Waals surface area contributed by atoms with Crippen LogP contribution in [-0.2, 0) is 16.0 Å². The van der Waals surface area contributed by atoms with Crippen LogP contribution < -0.4 is 4.74 Å². The summed E-state index contributed by atoms with van der Waals surface area (Å²) >= 11 is 6.35. The van der Waals surface area contributed by atoms with Crippen LogP contribution in [0.25, 0.3) is 16.6 Å². The molecule has 0 spiro atoms. The summed E-state index contributed by atoms with van der Waals surface area (Å²) in [4.78, 5) is 23.3. The van der Waals surface area contributed by atoms with Crippen molar-refractivity contribution in [2.75, 3.05) is 27.2 Å². The minimum Gasteiger partial charge on any atom is -0.494 e. The maximum absolute atomic E-state index is 12.9. The van der Waals surface area contributed by atoms with Crippen LogP contribution in [0.5, 0.6) is 5.75 Å². The first-order chi connectivity index (χ1) is 18.8. The molecule has 3 aliphatic carbocycles. The van der Waals surface area contributed by atoms with Crippen LogP contribution >= 0.6 is 11.6 Å². The van der Waals surface area contributed by atoms with Gasteiger partial charge in [-0.2, -0.15) is 0 Å². The van der Waals surface area contributed by atoms with Gasteiger partial charge in [-0.05, 0) is 68.5 Å². The molecule has 6 rings (SSSR count). The summed E-state index contributed by atoms with van der Waals surface area (Å²) in [6.45, 7) is 5.66. The third-order valence-electron chi connectivity index (χ3n) is 8.49. The van der Waals surface area contributed by atoms with E-state index in [2.05, 4.69) is 53.3 Å². The SMILES string of the molecule is COc1ccc(Cl)c2nc(CCCN(C)CCC3(OC(=O)C(C)C)CC4CCC3C=C4c3ccccc3)[nH]c12. The van der Waals surface area contributed by atoms with Crippen molar-refractivity contribution in [1.29, 1.82) is 0 Å². The van der Waals surface area contributed by atoms with Gasteiger partial charge in [0.1, 0.15) is 28.2 Å². The lowest BCUT2D eigenvalue weighted by Crippen LogP contribution is -2.51. The van der Waals surface area contributed by atoms with Gasteiger partial charge < -0.3 is 19.4 Å². The first kappa shape index (κ1) is 27.7. The highest BCUT2D eigenvalue weighted by molar-refractivity contribution is 6.35. The summed E-state index contributed by atoms with van der Waals surface area (Å²) in [6, 6.07) is 14.4. The average Bonchev–Trinajstić information content (AvgIpc) is 3.38. The Hall–Kier alpha value is -2.83. The molecule has 0 radical (unpaired) electrons. The van der Waals surface area contributed by atoms with Gasteiger partial charge in [-0.25, -0.2) is 4.98 Å². The van der Waals surface area contributed by atoms with Crippen LogP contribution in [0.15, 0.2) is 48.5 Å². The first-order valence-electron chi connectivity index (χ1n) is 14.2. The van der Waals surface area contributed by atoms with Gasteiger partial charge in [0.15, 0.2) is 0 Å². The van der Waals surface area contributed by atoms with Crippen molar-refractivity contribution in [2.45, 2.75) is 58.0 Å². The quantitative estimate of drug-likeness (QED) is 0.263. The highest BCUT2D eigenvalue weighted by Crippen LogP contribution is 2.53. The van der Waals surface area contributed by atoms with E-state index < -0.39 is 5.60 Å². The summed E-state index contributed by atoms with van der Waals surface area (Å²) in [5, 5.41) is 0.623. The summed E-state index contributed by atoms with van der Waals surface area (Å²) in [5.74, 6) is 2.13. The minimum absolute atomic E-state index is 0.0844. The molecule has 1 aromatic heterocycles. The number of allylic oxidation sites excluding steroid dienone is 1. The van der Waals surface area contributed by atoms with Crippen molar-refractivity contribution in [1.82, 2.24) is 14.9 Å². The van der Waals surface area contributed by atoms with Gasteiger partial charge in [0, 0.05) is 25.3 Å². The van der Waals surface area contributed by atoms with E-state index in [1.807, 2.05) is 26.0 Å². The summed E-state index contributed by atoms with van der Waals surface area (Å²) in [5.41, 5.74) is 3.90. The lowest BCUT2D eigenvalue weighted by Gasteiger charge is -2.50. The molecule has 208 valence electrons. The molecule has 3 aliphatic rings. The van der Waals surface area contributed by atoms with Crippen LogP contribution in [0.3, 0.4) is 0 Å². The molecule has 6 nitrogen and oxygen atoms in total. The maximum atomic E-state index is 12.9. The van der Waals surface area contributed by atoms with E-state index in [9.17, 15) is 4.79 Å². The van der Waals surface area contributed by atoms with Crippen LogP contribution in [0.2, 0.25) is 5.02 Å². The Kier molecular flexibility index (Phi) is 8.34. The Morgan fingerprint density at radius 3 is 2.67 bits per heavy atom. The van der Waals surface area contributed by atoms with Gasteiger partial charge >= 0.3 is 5.97 Å². The lowest BCUT2D eigenvalue weighted by molar-refractivity contribution is -0.176. The van der Waals surface area contributed by atoms with Gasteiger partial charge in [0.25, 0.3) is 0 Å². The average molecular weight is 550 g/mol. The molecule has 0 aliphatic heterocycles. The van der Waals surface area contributed by atoms with Crippen LogP contribution in [-0.4, -0.2) is 53.7 Å².